The molecule has 0 saturated heterocycles. The second-order valence-corrected chi connectivity index (χ2v) is 15.0. The van der Waals surface area contributed by atoms with Crippen LogP contribution < -0.4 is 5.73 Å². The molecule has 0 aromatic rings. The molecule has 3 fully saturated rings. The lowest BCUT2D eigenvalue weighted by atomic mass is 9.34. The third-order valence-electron chi connectivity index (χ3n) is 12.4. The molecule has 38 heavy (non-hydrogen) atoms. The van der Waals surface area contributed by atoms with Gasteiger partial charge in [0.15, 0.2) is 5.76 Å². The topological polar surface area (TPSA) is 69.4 Å². The predicted molar refractivity (Wildman–Crippen MR) is 153 cm³/mol. The number of carbonyl (C=O) groups excluding carboxylic acids is 2. The average molecular weight is 520 g/mol. The van der Waals surface area contributed by atoms with E-state index >= 15 is 0 Å². The number of allylic oxidation sites excluding steroid dienone is 7. The lowest BCUT2D eigenvalue weighted by molar-refractivity contribution is -0.167. The number of primary amides is 1. The van der Waals surface area contributed by atoms with Crippen LogP contribution >= 0.6 is 0 Å². The van der Waals surface area contributed by atoms with Crippen LogP contribution in [0.15, 0.2) is 46.3 Å². The molecule has 1 amide bonds. The molecule has 3 saturated carbocycles. The maximum absolute atomic E-state index is 13.4. The van der Waals surface area contributed by atoms with Crippen molar-refractivity contribution in [2.75, 3.05) is 6.61 Å². The van der Waals surface area contributed by atoms with Crippen molar-refractivity contribution in [3.63, 3.8) is 0 Å². The molecule has 0 aliphatic heterocycles. The highest BCUT2D eigenvalue weighted by atomic mass is 16.5. The number of rotatable bonds is 5. The summed E-state index contributed by atoms with van der Waals surface area (Å²) in [7, 11) is 0. The first-order chi connectivity index (χ1) is 17.6. The maximum Gasteiger partial charge on any atom is 0.223 e. The zero-order valence-electron chi connectivity index (χ0n) is 25.1. The van der Waals surface area contributed by atoms with Crippen LogP contribution in [0.2, 0.25) is 0 Å². The number of ether oxygens (including phenoxy) is 1. The van der Waals surface area contributed by atoms with Gasteiger partial charge in [-0.25, -0.2) is 0 Å². The molecule has 0 radical (unpaired) electrons. The predicted octanol–water partition coefficient (Wildman–Crippen LogP) is 7.60. The summed E-state index contributed by atoms with van der Waals surface area (Å²) in [6.45, 7) is 18.9. The number of hydrogen-bond acceptors (Lipinski definition) is 3. The molecule has 5 rings (SSSR count). The first-order valence-corrected chi connectivity index (χ1v) is 15.0. The van der Waals surface area contributed by atoms with Crippen LogP contribution in [0.3, 0.4) is 0 Å². The van der Waals surface area contributed by atoms with E-state index in [1.807, 2.05) is 6.08 Å². The minimum absolute atomic E-state index is 0.00233. The third kappa shape index (κ3) is 3.68. The third-order valence-corrected chi connectivity index (χ3v) is 12.4. The van der Waals surface area contributed by atoms with Crippen LogP contribution in [0.1, 0.15) is 107 Å². The van der Waals surface area contributed by atoms with Gasteiger partial charge in [-0.1, -0.05) is 66.2 Å². The summed E-state index contributed by atoms with van der Waals surface area (Å²) in [6, 6.07) is 0. The first-order valence-electron chi connectivity index (χ1n) is 15.0. The van der Waals surface area contributed by atoms with Gasteiger partial charge >= 0.3 is 0 Å². The van der Waals surface area contributed by atoms with Crippen LogP contribution in [0, 0.1) is 38.9 Å². The molecule has 5 aliphatic carbocycles. The molecule has 2 N–H and O–H groups in total. The van der Waals surface area contributed by atoms with Gasteiger partial charge < -0.3 is 10.5 Å². The van der Waals surface area contributed by atoms with E-state index in [-0.39, 0.29) is 33.4 Å². The normalized spacial score (nSPS) is 42.3. The smallest absolute Gasteiger partial charge is 0.223 e. The van der Waals surface area contributed by atoms with Gasteiger partial charge in [-0.3, -0.25) is 9.59 Å². The molecule has 208 valence electrons. The Morgan fingerprint density at radius 1 is 1.03 bits per heavy atom. The van der Waals surface area contributed by atoms with Crippen LogP contribution in [0.25, 0.3) is 0 Å². The van der Waals surface area contributed by atoms with Crippen LogP contribution in [-0.4, -0.2) is 18.3 Å². The zero-order valence-corrected chi connectivity index (χ0v) is 25.1. The lowest BCUT2D eigenvalue weighted by Gasteiger charge is -2.70. The largest absolute Gasteiger partial charge is 0.489 e. The Morgan fingerprint density at radius 3 is 2.37 bits per heavy atom. The Hall–Kier alpha value is -2.10. The number of amides is 1. The minimum Gasteiger partial charge on any atom is -0.489 e. The summed E-state index contributed by atoms with van der Waals surface area (Å²) < 4.78 is 6.05. The number of nitrogens with two attached hydrogens (primary N) is 1. The first kappa shape index (κ1) is 27.5. The van der Waals surface area contributed by atoms with E-state index < -0.39 is 5.41 Å². The van der Waals surface area contributed by atoms with Gasteiger partial charge in [-0.2, -0.15) is 0 Å². The SMILES string of the molecule is CC1=C(OCCC(C)C)C(=O)C=C2C1=CC=C1[C@@]2(C)CC[C@@]2(C)C3C[C@](C)(C(N)=O)CC[C@]3(C)CC[C@]12C. The molecule has 0 spiro atoms. The summed E-state index contributed by atoms with van der Waals surface area (Å²) in [5.74, 6) is 1.38. The van der Waals surface area contributed by atoms with Gasteiger partial charge in [0.25, 0.3) is 0 Å². The molecular weight excluding hydrogens is 470 g/mol. The highest BCUT2D eigenvalue weighted by molar-refractivity contribution is 6.07. The fourth-order valence-electron chi connectivity index (χ4n) is 9.25. The summed E-state index contributed by atoms with van der Waals surface area (Å²) in [5, 5.41) is 0. The van der Waals surface area contributed by atoms with Crippen molar-refractivity contribution < 1.29 is 14.3 Å². The van der Waals surface area contributed by atoms with Crippen LogP contribution in [-0.2, 0) is 14.3 Å². The highest BCUT2D eigenvalue weighted by Gasteiger charge is 2.67. The van der Waals surface area contributed by atoms with E-state index in [2.05, 4.69) is 67.5 Å². The average Bonchev–Trinajstić information content (AvgIpc) is 2.84. The number of ketones is 1. The summed E-state index contributed by atoms with van der Waals surface area (Å²) in [5.41, 5.74) is 10.5. The second-order valence-electron chi connectivity index (χ2n) is 15.0. The van der Waals surface area contributed by atoms with E-state index in [0.717, 1.165) is 50.5 Å². The standard InChI is InChI=1S/C34H49NO3/c1-21(2)11-18-38-28-22(3)23-9-10-26-32(6,24(23)19-25(28)36)15-17-34(8)27-20-31(5,29(35)37)13-12-30(27,4)14-16-33(26,34)7/h9-10,19,21,27H,11-18,20H2,1-8H3,(H2,35,37)/t27?,30-,31-,32+,33-,34+/m1/s1. The molecular formula is C34H49NO3. The minimum atomic E-state index is -0.424. The molecule has 0 aromatic carbocycles. The Kier molecular flexibility index (Phi) is 6.29. The monoisotopic (exact) mass is 519 g/mol. The van der Waals surface area contributed by atoms with E-state index in [9.17, 15) is 9.59 Å². The fraction of sp³-hybridized carbons (Fsp3) is 0.706. The van der Waals surface area contributed by atoms with E-state index in [1.54, 1.807) is 0 Å². The Balaban J connectivity index is 1.55. The molecule has 1 unspecified atom stereocenters. The van der Waals surface area contributed by atoms with Crippen molar-refractivity contribution >= 4 is 11.7 Å². The van der Waals surface area contributed by atoms with E-state index in [0.29, 0.717) is 24.2 Å². The molecule has 4 nitrogen and oxygen atoms in total. The number of hydrogen-bond donors (Lipinski definition) is 1. The number of fused-ring (bicyclic) bond motifs is 7. The van der Waals surface area contributed by atoms with Gasteiger partial charge in [0.1, 0.15) is 0 Å². The van der Waals surface area contributed by atoms with Crippen LogP contribution in [0.4, 0.5) is 0 Å². The van der Waals surface area contributed by atoms with Crippen molar-refractivity contribution in [1.29, 1.82) is 0 Å². The van der Waals surface area contributed by atoms with Gasteiger partial charge in [0.05, 0.1) is 6.61 Å². The quantitative estimate of drug-likeness (QED) is 0.406. The van der Waals surface area contributed by atoms with Crippen molar-refractivity contribution in [3.05, 3.63) is 46.3 Å². The van der Waals surface area contributed by atoms with Crippen molar-refractivity contribution in [2.45, 2.75) is 107 Å². The van der Waals surface area contributed by atoms with Gasteiger partial charge in [0.2, 0.25) is 11.7 Å². The van der Waals surface area contributed by atoms with Gasteiger partial charge in [-0.05, 0) is 104 Å². The van der Waals surface area contributed by atoms with E-state index in [4.69, 9.17) is 10.5 Å². The Labute approximate surface area is 230 Å². The van der Waals surface area contributed by atoms with Crippen molar-refractivity contribution in [2.24, 2.45) is 44.6 Å². The van der Waals surface area contributed by atoms with E-state index in [1.165, 1.54) is 23.1 Å². The van der Waals surface area contributed by atoms with Gasteiger partial charge in [-0.15, -0.1) is 0 Å². The van der Waals surface area contributed by atoms with Crippen molar-refractivity contribution in [1.82, 2.24) is 0 Å². The molecule has 0 aromatic heterocycles. The molecule has 0 bridgehead atoms. The Bertz CT molecular complexity index is 1200. The summed E-state index contributed by atoms with van der Waals surface area (Å²) >= 11 is 0. The van der Waals surface area contributed by atoms with Crippen molar-refractivity contribution in [3.8, 4) is 0 Å². The maximum atomic E-state index is 13.4. The van der Waals surface area contributed by atoms with Gasteiger partial charge in [0, 0.05) is 16.4 Å². The Morgan fingerprint density at radius 2 is 1.71 bits per heavy atom. The molecule has 5 aliphatic rings. The molecule has 6 atom stereocenters. The lowest BCUT2D eigenvalue weighted by Crippen LogP contribution is -2.62. The molecule has 0 heterocycles. The zero-order chi connectivity index (χ0) is 27.9. The molecule has 4 heteroatoms. The summed E-state index contributed by atoms with van der Waals surface area (Å²) in [4.78, 5) is 26.0. The second kappa shape index (κ2) is 8.70. The fourth-order valence-corrected chi connectivity index (χ4v) is 9.25. The van der Waals surface area contributed by atoms with Crippen LogP contribution in [0.5, 0.6) is 0 Å². The highest BCUT2D eigenvalue weighted by Crippen LogP contribution is 2.75. The number of carbonyl (C=O) groups is 2. The summed E-state index contributed by atoms with van der Waals surface area (Å²) in [6.07, 6.45) is 14.8.